The van der Waals surface area contributed by atoms with Crippen molar-refractivity contribution >= 4 is 5.69 Å². The fraction of sp³-hybridized carbons (Fsp3) is 0.364. The van der Waals surface area contributed by atoms with E-state index in [0.29, 0.717) is 17.1 Å². The van der Waals surface area contributed by atoms with E-state index in [0.717, 1.165) is 26.2 Å². The van der Waals surface area contributed by atoms with Crippen molar-refractivity contribution in [2.24, 2.45) is 0 Å². The number of piperazine rings is 1. The van der Waals surface area contributed by atoms with Crippen molar-refractivity contribution in [3.63, 3.8) is 0 Å². The molecule has 0 amide bonds. The van der Waals surface area contributed by atoms with Crippen LogP contribution in [0, 0.1) is 5.82 Å². The Kier molecular flexibility index (Phi) is 2.89. The van der Waals surface area contributed by atoms with E-state index in [1.165, 1.54) is 6.07 Å². The Morgan fingerprint density at radius 3 is 2.72 bits per heavy atom. The summed E-state index contributed by atoms with van der Waals surface area (Å²) in [5.41, 5.74) is 1.25. The van der Waals surface area contributed by atoms with Crippen LogP contribution in [0.15, 0.2) is 18.2 Å². The Morgan fingerprint density at radius 1 is 1.22 bits per heavy atom. The number of aromatic amines is 1. The molecule has 1 aliphatic heterocycles. The Balaban J connectivity index is 1.89. The number of anilines is 1. The smallest absolute Gasteiger partial charge is 0.204 e. The summed E-state index contributed by atoms with van der Waals surface area (Å²) in [5.74, 6) is 0.153. The minimum Gasteiger partial charge on any atom is -0.367 e. The molecule has 2 N–H and O–H groups in total. The second-order valence-electron chi connectivity index (χ2n) is 4.14. The van der Waals surface area contributed by atoms with Crippen LogP contribution in [-0.2, 0) is 0 Å². The highest BCUT2D eigenvalue weighted by atomic mass is 19.1. The van der Waals surface area contributed by atoms with Crippen LogP contribution in [0.5, 0.6) is 0 Å². The van der Waals surface area contributed by atoms with E-state index in [4.69, 9.17) is 0 Å². The summed E-state index contributed by atoms with van der Waals surface area (Å²) in [6.45, 7) is 3.40. The minimum atomic E-state index is -0.251. The number of tetrazole rings is 1. The molecule has 0 radical (unpaired) electrons. The number of nitrogens with one attached hydrogen (secondary N) is 2. The first kappa shape index (κ1) is 11.1. The fourth-order valence-electron chi connectivity index (χ4n) is 2.09. The zero-order chi connectivity index (χ0) is 12.4. The standard InChI is InChI=1S/C11H13FN6/c12-9-7-8(11-14-16-17-15-11)1-2-10(9)18-5-3-13-4-6-18/h1-2,7,13H,3-6H2,(H,14,15,16,17). The molecular weight excluding hydrogens is 235 g/mol. The van der Waals surface area contributed by atoms with Gasteiger partial charge >= 0.3 is 0 Å². The summed E-state index contributed by atoms with van der Waals surface area (Å²) in [4.78, 5) is 2.03. The maximum Gasteiger partial charge on any atom is 0.204 e. The van der Waals surface area contributed by atoms with E-state index in [2.05, 4.69) is 25.9 Å². The number of hydrogen-bond acceptors (Lipinski definition) is 5. The molecule has 1 aromatic carbocycles. The van der Waals surface area contributed by atoms with E-state index in [9.17, 15) is 4.39 Å². The minimum absolute atomic E-state index is 0.251. The van der Waals surface area contributed by atoms with Gasteiger partial charge in [0.15, 0.2) is 0 Å². The van der Waals surface area contributed by atoms with Crippen molar-refractivity contribution in [1.29, 1.82) is 0 Å². The number of aromatic nitrogens is 4. The van der Waals surface area contributed by atoms with Crippen LogP contribution >= 0.6 is 0 Å². The third kappa shape index (κ3) is 2.04. The first-order chi connectivity index (χ1) is 8.84. The van der Waals surface area contributed by atoms with Gasteiger partial charge in [-0.2, -0.15) is 5.21 Å². The third-order valence-electron chi connectivity index (χ3n) is 3.01. The Morgan fingerprint density at radius 2 is 2.06 bits per heavy atom. The van der Waals surface area contributed by atoms with Gasteiger partial charge in [0.2, 0.25) is 5.82 Å². The first-order valence-electron chi connectivity index (χ1n) is 5.83. The summed E-state index contributed by atoms with van der Waals surface area (Å²) < 4.78 is 14.1. The molecular formula is C11H13FN6. The normalized spacial score (nSPS) is 15.9. The predicted molar refractivity (Wildman–Crippen MR) is 64.7 cm³/mol. The number of rotatable bonds is 2. The maximum atomic E-state index is 14.1. The monoisotopic (exact) mass is 248 g/mol. The van der Waals surface area contributed by atoms with E-state index in [1.54, 1.807) is 6.07 Å². The number of nitrogens with zero attached hydrogens (tertiary/aromatic N) is 4. The molecule has 3 rings (SSSR count). The molecule has 1 aliphatic rings. The van der Waals surface area contributed by atoms with Crippen LogP contribution in [-0.4, -0.2) is 46.8 Å². The van der Waals surface area contributed by atoms with Gasteiger partial charge in [-0.05, 0) is 23.4 Å². The van der Waals surface area contributed by atoms with Crippen molar-refractivity contribution < 1.29 is 4.39 Å². The molecule has 6 nitrogen and oxygen atoms in total. The van der Waals surface area contributed by atoms with Gasteiger partial charge in [0.25, 0.3) is 0 Å². The lowest BCUT2D eigenvalue weighted by molar-refractivity contribution is 0.566. The van der Waals surface area contributed by atoms with Gasteiger partial charge in [0.1, 0.15) is 5.82 Å². The van der Waals surface area contributed by atoms with Gasteiger partial charge in [0.05, 0.1) is 5.69 Å². The zero-order valence-corrected chi connectivity index (χ0v) is 9.73. The number of halogens is 1. The summed E-state index contributed by atoms with van der Waals surface area (Å²) in [6, 6.07) is 5.03. The Labute approximate surface area is 103 Å². The number of hydrogen-bond donors (Lipinski definition) is 2. The summed E-state index contributed by atoms with van der Waals surface area (Å²) in [6.07, 6.45) is 0. The van der Waals surface area contributed by atoms with E-state index < -0.39 is 0 Å². The molecule has 1 fully saturated rings. The topological polar surface area (TPSA) is 69.7 Å². The lowest BCUT2D eigenvalue weighted by Gasteiger charge is -2.29. The lowest BCUT2D eigenvalue weighted by atomic mass is 10.1. The molecule has 0 aliphatic carbocycles. The zero-order valence-electron chi connectivity index (χ0n) is 9.73. The van der Waals surface area contributed by atoms with Gasteiger partial charge in [-0.3, -0.25) is 0 Å². The molecule has 0 bridgehead atoms. The van der Waals surface area contributed by atoms with Crippen LogP contribution in [0.3, 0.4) is 0 Å². The van der Waals surface area contributed by atoms with Crippen LogP contribution in [0.4, 0.5) is 10.1 Å². The van der Waals surface area contributed by atoms with Gasteiger partial charge in [0, 0.05) is 31.7 Å². The molecule has 0 unspecified atom stereocenters. The Hall–Kier alpha value is -2.02. The van der Waals surface area contributed by atoms with Crippen molar-refractivity contribution in [2.45, 2.75) is 0 Å². The molecule has 0 spiro atoms. The van der Waals surface area contributed by atoms with Crippen molar-refractivity contribution in [1.82, 2.24) is 25.9 Å². The summed E-state index contributed by atoms with van der Waals surface area (Å²) >= 11 is 0. The average molecular weight is 248 g/mol. The molecule has 0 saturated carbocycles. The van der Waals surface area contributed by atoms with Crippen LogP contribution < -0.4 is 10.2 Å². The van der Waals surface area contributed by atoms with Crippen LogP contribution in [0.25, 0.3) is 11.4 Å². The predicted octanol–water partition coefficient (Wildman–Crippen LogP) is 0.415. The lowest BCUT2D eigenvalue weighted by Crippen LogP contribution is -2.43. The molecule has 94 valence electrons. The molecule has 7 heteroatoms. The van der Waals surface area contributed by atoms with Crippen molar-refractivity contribution in [3.05, 3.63) is 24.0 Å². The molecule has 18 heavy (non-hydrogen) atoms. The quantitative estimate of drug-likeness (QED) is 0.806. The number of benzene rings is 1. The van der Waals surface area contributed by atoms with E-state index in [1.807, 2.05) is 11.0 Å². The largest absolute Gasteiger partial charge is 0.367 e. The molecule has 1 aromatic heterocycles. The number of H-pyrrole nitrogens is 1. The molecule has 1 saturated heterocycles. The maximum absolute atomic E-state index is 14.1. The second kappa shape index (κ2) is 4.69. The molecule has 2 heterocycles. The highest BCUT2D eigenvalue weighted by molar-refractivity contribution is 5.60. The summed E-state index contributed by atoms with van der Waals surface area (Å²) in [7, 11) is 0. The van der Waals surface area contributed by atoms with Crippen LogP contribution in [0.1, 0.15) is 0 Å². The fourth-order valence-corrected chi connectivity index (χ4v) is 2.09. The van der Waals surface area contributed by atoms with Gasteiger partial charge < -0.3 is 10.2 Å². The Bertz CT molecular complexity index is 520. The van der Waals surface area contributed by atoms with E-state index >= 15 is 0 Å². The SMILES string of the molecule is Fc1cc(-c2nn[nH]n2)ccc1N1CCNCC1. The first-order valence-corrected chi connectivity index (χ1v) is 5.83. The summed E-state index contributed by atoms with van der Waals surface area (Å²) in [5, 5.41) is 16.7. The van der Waals surface area contributed by atoms with Crippen molar-refractivity contribution in [3.8, 4) is 11.4 Å². The highest BCUT2D eigenvalue weighted by Gasteiger charge is 2.15. The van der Waals surface area contributed by atoms with Crippen molar-refractivity contribution in [2.75, 3.05) is 31.1 Å². The van der Waals surface area contributed by atoms with Gasteiger partial charge in [-0.1, -0.05) is 0 Å². The molecule has 0 atom stereocenters. The van der Waals surface area contributed by atoms with E-state index in [-0.39, 0.29) is 5.82 Å². The van der Waals surface area contributed by atoms with Crippen LogP contribution in [0.2, 0.25) is 0 Å². The third-order valence-corrected chi connectivity index (χ3v) is 3.01. The second-order valence-corrected chi connectivity index (χ2v) is 4.14. The van der Waals surface area contributed by atoms with Gasteiger partial charge in [-0.15, -0.1) is 10.2 Å². The molecule has 2 aromatic rings. The average Bonchev–Trinajstić information content (AvgIpc) is 2.93. The highest BCUT2D eigenvalue weighted by Crippen LogP contribution is 2.24. The van der Waals surface area contributed by atoms with Gasteiger partial charge in [-0.25, -0.2) is 4.39 Å².